The molecule has 36 nitrogen and oxygen atoms in total. The van der Waals surface area contributed by atoms with Crippen LogP contribution < -0.4 is 42.5 Å². The third kappa shape index (κ3) is 17.6. The maximum atomic E-state index is 12.9. The summed E-state index contributed by atoms with van der Waals surface area (Å²) < 4.78 is 209. The van der Waals surface area contributed by atoms with Gasteiger partial charge < -0.3 is 52.7 Å². The van der Waals surface area contributed by atoms with E-state index in [9.17, 15) is 97.6 Å². The fourth-order valence-electron chi connectivity index (χ4n) is 7.20. The Labute approximate surface area is 476 Å². The molecule has 452 valence electrons. The van der Waals surface area contributed by atoms with Gasteiger partial charge in [-0.1, -0.05) is 24.3 Å². The van der Waals surface area contributed by atoms with Crippen molar-refractivity contribution in [3.05, 3.63) is 83.9 Å². The normalized spacial score (nSPS) is 12.4. The van der Waals surface area contributed by atoms with Crippen molar-refractivity contribution in [1.82, 2.24) is 29.9 Å². The molecule has 0 radical (unpaired) electrons. The lowest BCUT2D eigenvalue weighted by Crippen LogP contribution is -2.32. The first-order chi connectivity index (χ1) is 38.9. The second-order valence-corrected chi connectivity index (χ2v) is 25.3. The van der Waals surface area contributed by atoms with Crippen molar-refractivity contribution in [1.29, 1.82) is 0 Å². The van der Waals surface area contributed by atoms with Crippen LogP contribution in [0, 0.1) is 0 Å². The minimum Gasteiger partial charge on any atom is -0.395 e. The number of hydrogen-bond acceptors (Lipinski definition) is 28. The summed E-state index contributed by atoms with van der Waals surface area (Å²) in [5.41, 5.74) is 8.00. The molecule has 2 aromatic heterocycles. The topological polar surface area (TPSA) is 585 Å². The molecular weight excluding hydrogens is 1240 g/mol. The van der Waals surface area contributed by atoms with Gasteiger partial charge in [0.05, 0.1) is 34.4 Å². The maximum absolute atomic E-state index is 12.9. The summed E-state index contributed by atoms with van der Waals surface area (Å²) in [7, 11) is -30.7. The second kappa shape index (κ2) is 25.7. The van der Waals surface area contributed by atoms with E-state index in [1.807, 2.05) is 0 Å². The molecular formula is C42H46N14O22S6. The van der Waals surface area contributed by atoms with E-state index in [4.69, 9.17) is 11.5 Å². The van der Waals surface area contributed by atoms with Crippen molar-refractivity contribution < 1.29 is 97.6 Å². The number of primary amides is 2. The van der Waals surface area contributed by atoms with Crippen LogP contribution in [-0.2, 0) is 70.3 Å². The van der Waals surface area contributed by atoms with Crippen LogP contribution in [0.3, 0.4) is 0 Å². The largest absolute Gasteiger partial charge is 0.395 e. The second-order valence-electron chi connectivity index (χ2n) is 16.9. The van der Waals surface area contributed by atoms with Gasteiger partial charge in [0.2, 0.25) is 47.5 Å². The summed E-state index contributed by atoms with van der Waals surface area (Å²) in [6.45, 7) is -2.24. The van der Waals surface area contributed by atoms with E-state index in [1.54, 1.807) is 0 Å². The minimum absolute atomic E-state index is 0.243. The van der Waals surface area contributed by atoms with Crippen molar-refractivity contribution >= 4 is 143 Å². The van der Waals surface area contributed by atoms with Gasteiger partial charge in [-0.3, -0.25) is 36.9 Å². The number of nitrogens with two attached hydrogens (primary N) is 2. The average Bonchev–Trinajstić information content (AvgIpc) is 2.72. The van der Waals surface area contributed by atoms with Gasteiger partial charge >= 0.3 is 0 Å². The number of rotatable bonds is 28. The molecule has 0 saturated heterocycles. The molecule has 2 heterocycles. The molecule has 0 aliphatic carbocycles. The minimum atomic E-state index is -5.23. The van der Waals surface area contributed by atoms with Gasteiger partial charge in [-0.15, -0.1) is 0 Å². The van der Waals surface area contributed by atoms with Gasteiger partial charge in [-0.2, -0.15) is 80.4 Å². The van der Waals surface area contributed by atoms with Gasteiger partial charge in [0.25, 0.3) is 60.7 Å². The number of nitrogens with one attached hydrogen (secondary N) is 4. The highest BCUT2D eigenvalue weighted by atomic mass is 32.2. The van der Waals surface area contributed by atoms with Crippen LogP contribution >= 0.6 is 0 Å². The first kappa shape index (κ1) is 64.9. The SMILES string of the molecule is NC(=O)CCN(CCO)c1nc(Nc2ccc(C=Cc3ccc(Nc4nc(Nc5cc(S(=O)(=O)O)ccc5S(=O)(=O)O)nc(N(CCO)CCC(N)=O)n4)cc3S(=O)(=O)O)c(S(=O)(=O)O)c2)nc(Nc2cc(S(=O)(=O)O)ccc2S(=O)(=O)O)n1. The lowest BCUT2D eigenvalue weighted by Gasteiger charge is -2.22. The van der Waals surface area contributed by atoms with Gasteiger partial charge in [0.15, 0.2) is 0 Å². The Morgan fingerprint density at radius 3 is 1.02 bits per heavy atom. The van der Waals surface area contributed by atoms with Gasteiger partial charge in [-0.05, 0) is 71.8 Å². The fraction of sp³-hybridized carbons (Fsp3) is 0.190. The Balaban J connectivity index is 1.40. The van der Waals surface area contributed by atoms with E-state index in [2.05, 4.69) is 51.2 Å². The van der Waals surface area contributed by atoms with Crippen LogP contribution in [0.1, 0.15) is 24.0 Å². The first-order valence-corrected chi connectivity index (χ1v) is 31.5. The molecule has 0 atom stereocenters. The molecule has 0 bridgehead atoms. The molecule has 0 aliphatic rings. The Kier molecular flexibility index (Phi) is 19.9. The van der Waals surface area contributed by atoms with Gasteiger partial charge in [-0.25, -0.2) is 0 Å². The summed E-state index contributed by atoms with van der Waals surface area (Å²) >= 11 is 0. The summed E-state index contributed by atoms with van der Waals surface area (Å²) in [6, 6.07) is 9.85. The Bertz CT molecular complexity index is 4020. The zero-order valence-corrected chi connectivity index (χ0v) is 47.1. The predicted molar refractivity (Wildman–Crippen MR) is 293 cm³/mol. The fourth-order valence-corrected chi connectivity index (χ4v) is 10.9. The van der Waals surface area contributed by atoms with Crippen molar-refractivity contribution in [3.63, 3.8) is 0 Å². The highest BCUT2D eigenvalue weighted by Crippen LogP contribution is 2.33. The van der Waals surface area contributed by atoms with Crippen molar-refractivity contribution in [2.24, 2.45) is 11.5 Å². The molecule has 6 aromatic rings. The number of benzene rings is 4. The lowest BCUT2D eigenvalue weighted by atomic mass is 10.1. The molecule has 2 amide bonds. The van der Waals surface area contributed by atoms with E-state index in [-0.39, 0.29) is 61.5 Å². The Morgan fingerprint density at radius 2 is 0.738 bits per heavy atom. The molecule has 0 aliphatic heterocycles. The van der Waals surface area contributed by atoms with E-state index in [0.29, 0.717) is 36.4 Å². The van der Waals surface area contributed by atoms with Crippen molar-refractivity contribution in [2.75, 3.05) is 70.5 Å². The number of amides is 2. The zero-order valence-electron chi connectivity index (χ0n) is 42.2. The molecule has 84 heavy (non-hydrogen) atoms. The first-order valence-electron chi connectivity index (χ1n) is 22.9. The molecule has 0 fully saturated rings. The number of carbonyl (C=O) groups excluding carboxylic acids is 2. The number of nitrogens with zero attached hydrogens (tertiary/aromatic N) is 8. The van der Waals surface area contributed by atoms with Crippen molar-refractivity contribution in [3.8, 4) is 0 Å². The predicted octanol–water partition coefficient (Wildman–Crippen LogP) is 0.0298. The summed E-state index contributed by atoms with van der Waals surface area (Å²) in [6.07, 6.45) is 1.29. The molecule has 0 unspecified atom stereocenters. The average molecular weight is 1290 g/mol. The third-order valence-corrected chi connectivity index (χ3v) is 16.2. The number of aromatic nitrogens is 6. The highest BCUT2D eigenvalue weighted by Gasteiger charge is 2.26. The monoisotopic (exact) mass is 1290 g/mol. The molecule has 0 saturated carbocycles. The Hall–Kier alpha value is -8.24. The van der Waals surface area contributed by atoms with E-state index in [0.717, 1.165) is 36.4 Å². The van der Waals surface area contributed by atoms with Gasteiger partial charge in [0, 0.05) is 50.4 Å². The lowest BCUT2D eigenvalue weighted by molar-refractivity contribution is -0.118. The van der Waals surface area contributed by atoms with Gasteiger partial charge in [0.1, 0.15) is 19.6 Å². The van der Waals surface area contributed by atoms with E-state index >= 15 is 0 Å². The highest BCUT2D eigenvalue weighted by molar-refractivity contribution is 7.87. The number of aliphatic hydroxyl groups excluding tert-OH is 2. The quantitative estimate of drug-likeness (QED) is 0.0228. The number of anilines is 10. The molecule has 42 heteroatoms. The number of hydrogen-bond donors (Lipinski definition) is 14. The number of carbonyl (C=O) groups is 2. The summed E-state index contributed by atoms with van der Waals surface area (Å²) in [4.78, 5) is 45.3. The molecule has 16 N–H and O–H groups in total. The maximum Gasteiger partial charge on any atom is 0.296 e. The van der Waals surface area contributed by atoms with Crippen LogP contribution in [0.15, 0.2) is 102 Å². The zero-order chi connectivity index (χ0) is 62.3. The summed E-state index contributed by atoms with van der Waals surface area (Å²) in [5.74, 6) is -4.78. The molecule has 4 aromatic carbocycles. The standard InChI is InChI=1S/C42H46N14O22S6/c43-35(59)11-13-55(15-17-57)41-51-37(49-39(53-41)47-29-21-27(79(61,62)63)7-9-31(29)81(67,68)69)45-25-5-3-23(33(19-25)83(73,74)75)1-2-24-4-6-26(20-34(24)84(76,77)78)46-38-50-40(54-42(52-38)56(16-18-58)14-12-36(44)60)48-30-22-28(80(64,65)66)8-10-32(30)82(70,71)72/h1-10,19-22,57-58H,11-18H2,(H2,43,59)(H2,44,60)(H,61,62,63)(H,64,65,66)(H,67,68,69)(H,70,71,72)(H,73,74,75)(H,76,77,78)(H2,45,47,49,51,53)(H2,46,48,50,52,54). The van der Waals surface area contributed by atoms with E-state index < -0.39 is 162 Å². The van der Waals surface area contributed by atoms with Crippen LogP contribution in [0.2, 0.25) is 0 Å². The van der Waals surface area contributed by atoms with Crippen LogP contribution in [-0.4, -0.2) is 169 Å². The van der Waals surface area contributed by atoms with Crippen LogP contribution in [0.4, 0.5) is 58.4 Å². The smallest absolute Gasteiger partial charge is 0.296 e. The molecule has 0 spiro atoms. The van der Waals surface area contributed by atoms with Crippen LogP contribution in [0.25, 0.3) is 12.2 Å². The van der Waals surface area contributed by atoms with E-state index in [1.165, 1.54) is 21.9 Å². The summed E-state index contributed by atoms with van der Waals surface area (Å²) in [5, 5.41) is 29.6. The Morgan fingerprint density at radius 1 is 0.417 bits per heavy atom. The third-order valence-electron chi connectivity index (χ3n) is 10.9. The number of aliphatic hydroxyl groups is 2. The van der Waals surface area contributed by atoms with Crippen LogP contribution in [0.5, 0.6) is 0 Å². The van der Waals surface area contributed by atoms with Crippen molar-refractivity contribution in [2.45, 2.75) is 42.2 Å². The molecule has 6 rings (SSSR count).